The normalized spacial score (nSPS) is 29.2. The van der Waals surface area contributed by atoms with Gasteiger partial charge < -0.3 is 24.8 Å². The van der Waals surface area contributed by atoms with Crippen LogP contribution in [0.3, 0.4) is 0 Å². The van der Waals surface area contributed by atoms with Crippen LogP contribution in [0.4, 0.5) is 4.79 Å². The van der Waals surface area contributed by atoms with Gasteiger partial charge in [0.2, 0.25) is 0 Å². The molecule has 0 spiro atoms. The maximum absolute atomic E-state index is 12.3. The monoisotopic (exact) mass is 409 g/mol. The number of esters is 1. The van der Waals surface area contributed by atoms with E-state index in [9.17, 15) is 14.7 Å². The Morgan fingerprint density at radius 3 is 2.41 bits per heavy atom. The number of nitrogens with one attached hydrogen (secondary N) is 1. The Morgan fingerprint density at radius 2 is 1.83 bits per heavy atom. The van der Waals surface area contributed by atoms with E-state index in [0.717, 1.165) is 37.1 Å². The van der Waals surface area contributed by atoms with Crippen LogP contribution in [0.25, 0.3) is 0 Å². The van der Waals surface area contributed by atoms with Gasteiger partial charge in [0, 0.05) is 43.8 Å². The topological polar surface area (TPSA) is 91.3 Å². The standard InChI is InChI=1S/C21H35N3O5/c1-13-15(19(26)28-5)12-16-17(22-13)8-11-24(18(16)25)14-6-9-23(10-7-14)20(27)29-21(2,3)4/h13-15,18,22,25H,6-12H2,1-5H3/t13-,15-,18+/m0/s1. The summed E-state index contributed by atoms with van der Waals surface area (Å²) in [6.45, 7) is 9.59. The second-order valence-electron chi connectivity index (χ2n) is 9.33. The molecule has 0 bridgehead atoms. The number of methoxy groups -OCH3 is 1. The smallest absolute Gasteiger partial charge is 0.410 e. The van der Waals surface area contributed by atoms with E-state index in [-0.39, 0.29) is 30.1 Å². The van der Waals surface area contributed by atoms with Crippen LogP contribution in [0.5, 0.6) is 0 Å². The van der Waals surface area contributed by atoms with Crippen molar-refractivity contribution in [3.63, 3.8) is 0 Å². The highest BCUT2D eigenvalue weighted by Gasteiger charge is 2.41. The molecule has 3 rings (SSSR count). The first-order chi connectivity index (χ1) is 13.6. The van der Waals surface area contributed by atoms with Crippen LogP contribution in [0.15, 0.2) is 11.3 Å². The average molecular weight is 410 g/mol. The van der Waals surface area contributed by atoms with Gasteiger partial charge in [-0.3, -0.25) is 9.69 Å². The summed E-state index contributed by atoms with van der Waals surface area (Å²) in [4.78, 5) is 28.3. The first-order valence-corrected chi connectivity index (χ1v) is 10.6. The van der Waals surface area contributed by atoms with Crippen LogP contribution in [0, 0.1) is 5.92 Å². The van der Waals surface area contributed by atoms with Gasteiger partial charge >= 0.3 is 12.1 Å². The Kier molecular flexibility index (Phi) is 6.43. The van der Waals surface area contributed by atoms with Crippen LogP contribution in [-0.2, 0) is 14.3 Å². The van der Waals surface area contributed by atoms with Crippen molar-refractivity contribution in [1.29, 1.82) is 0 Å². The average Bonchev–Trinajstić information content (AvgIpc) is 2.66. The van der Waals surface area contributed by atoms with Crippen LogP contribution in [0.1, 0.15) is 53.4 Å². The minimum atomic E-state index is -0.705. The number of piperidine rings is 1. The molecule has 3 aliphatic rings. The molecule has 3 heterocycles. The Hall–Kier alpha value is -1.80. The van der Waals surface area contributed by atoms with E-state index < -0.39 is 11.8 Å². The molecule has 1 saturated heterocycles. The predicted molar refractivity (Wildman–Crippen MR) is 108 cm³/mol. The van der Waals surface area contributed by atoms with Crippen molar-refractivity contribution in [3.05, 3.63) is 11.3 Å². The van der Waals surface area contributed by atoms with Crippen molar-refractivity contribution in [2.45, 2.75) is 77.3 Å². The van der Waals surface area contributed by atoms with Crippen LogP contribution in [-0.4, -0.2) is 77.6 Å². The molecular weight excluding hydrogens is 374 g/mol. The lowest BCUT2D eigenvalue weighted by Crippen LogP contribution is -2.56. The van der Waals surface area contributed by atoms with Gasteiger partial charge in [0.15, 0.2) is 0 Å². The number of hydrogen-bond acceptors (Lipinski definition) is 7. The van der Waals surface area contributed by atoms with Crippen LogP contribution in [0.2, 0.25) is 0 Å². The van der Waals surface area contributed by atoms with Gasteiger partial charge in [-0.2, -0.15) is 0 Å². The van der Waals surface area contributed by atoms with Gasteiger partial charge in [0.1, 0.15) is 11.8 Å². The Bertz CT molecular complexity index is 664. The zero-order valence-corrected chi connectivity index (χ0v) is 18.2. The number of ether oxygens (including phenoxy) is 2. The number of aliphatic hydroxyl groups excluding tert-OH is 1. The molecule has 1 amide bonds. The van der Waals surface area contributed by atoms with E-state index in [1.165, 1.54) is 7.11 Å². The minimum absolute atomic E-state index is 0.00276. The predicted octanol–water partition coefficient (Wildman–Crippen LogP) is 1.84. The second-order valence-corrected chi connectivity index (χ2v) is 9.33. The Morgan fingerprint density at radius 1 is 1.17 bits per heavy atom. The molecule has 1 fully saturated rings. The van der Waals surface area contributed by atoms with Crippen molar-refractivity contribution in [3.8, 4) is 0 Å². The lowest BCUT2D eigenvalue weighted by atomic mass is 9.84. The molecule has 3 aliphatic heterocycles. The summed E-state index contributed by atoms with van der Waals surface area (Å²) < 4.78 is 10.4. The van der Waals surface area contributed by atoms with Crippen molar-refractivity contribution >= 4 is 12.1 Å². The quantitative estimate of drug-likeness (QED) is 0.673. The molecular formula is C21H35N3O5. The number of hydrogen-bond donors (Lipinski definition) is 2. The van der Waals surface area contributed by atoms with Gasteiger partial charge in [0.05, 0.1) is 13.0 Å². The molecule has 0 radical (unpaired) electrons. The van der Waals surface area contributed by atoms with Gasteiger partial charge in [0.25, 0.3) is 0 Å². The Balaban J connectivity index is 1.61. The van der Waals surface area contributed by atoms with E-state index in [1.807, 2.05) is 27.7 Å². The SMILES string of the molecule is COC(=O)[C@H]1CC2=C(CCN(C3CCN(C(=O)OC(C)(C)C)CC3)[C@@H]2O)N[C@H]1C. The highest BCUT2D eigenvalue weighted by Crippen LogP contribution is 2.35. The van der Waals surface area contributed by atoms with Gasteiger partial charge in [-0.15, -0.1) is 0 Å². The third kappa shape index (κ3) is 4.86. The molecule has 0 aromatic heterocycles. The zero-order valence-electron chi connectivity index (χ0n) is 18.2. The summed E-state index contributed by atoms with van der Waals surface area (Å²) in [5.74, 6) is -0.533. The first kappa shape index (κ1) is 21.9. The molecule has 0 unspecified atom stereocenters. The summed E-state index contributed by atoms with van der Waals surface area (Å²) in [7, 11) is 1.40. The van der Waals surface area contributed by atoms with Crippen molar-refractivity contribution in [2.75, 3.05) is 26.7 Å². The second kappa shape index (κ2) is 8.52. The van der Waals surface area contributed by atoms with E-state index in [2.05, 4.69) is 10.2 Å². The molecule has 2 N–H and O–H groups in total. The number of nitrogens with zero attached hydrogens (tertiary/aromatic N) is 2. The first-order valence-electron chi connectivity index (χ1n) is 10.6. The fourth-order valence-corrected chi connectivity index (χ4v) is 4.59. The maximum Gasteiger partial charge on any atom is 0.410 e. The molecule has 0 aromatic carbocycles. The summed E-state index contributed by atoms with van der Waals surface area (Å²) >= 11 is 0. The summed E-state index contributed by atoms with van der Waals surface area (Å²) in [5.41, 5.74) is 1.47. The highest BCUT2D eigenvalue weighted by atomic mass is 16.6. The summed E-state index contributed by atoms with van der Waals surface area (Å²) in [5, 5.41) is 14.5. The van der Waals surface area contributed by atoms with Crippen LogP contribution < -0.4 is 5.32 Å². The van der Waals surface area contributed by atoms with Gasteiger partial charge in [-0.05, 0) is 52.5 Å². The summed E-state index contributed by atoms with van der Waals surface area (Å²) in [6, 6.07) is 0.200. The van der Waals surface area contributed by atoms with E-state index in [1.54, 1.807) is 4.90 Å². The largest absolute Gasteiger partial charge is 0.469 e. The maximum atomic E-state index is 12.3. The fourth-order valence-electron chi connectivity index (χ4n) is 4.59. The van der Waals surface area contributed by atoms with Crippen molar-refractivity contribution < 1.29 is 24.2 Å². The molecule has 0 aliphatic carbocycles. The lowest BCUT2D eigenvalue weighted by molar-refractivity contribution is -0.146. The van der Waals surface area contributed by atoms with Crippen molar-refractivity contribution in [2.24, 2.45) is 5.92 Å². The molecule has 29 heavy (non-hydrogen) atoms. The third-order valence-corrected chi connectivity index (χ3v) is 6.17. The molecule has 0 aromatic rings. The zero-order chi connectivity index (χ0) is 21.3. The molecule has 8 nitrogen and oxygen atoms in total. The number of amides is 1. The number of rotatable bonds is 2. The van der Waals surface area contributed by atoms with Gasteiger partial charge in [-0.1, -0.05) is 0 Å². The molecule has 164 valence electrons. The van der Waals surface area contributed by atoms with E-state index in [0.29, 0.717) is 19.5 Å². The third-order valence-electron chi connectivity index (χ3n) is 6.17. The lowest BCUT2D eigenvalue weighted by Gasteiger charge is -2.46. The highest BCUT2D eigenvalue weighted by molar-refractivity contribution is 5.74. The molecule has 8 heteroatoms. The Labute approximate surface area is 173 Å². The van der Waals surface area contributed by atoms with E-state index in [4.69, 9.17) is 9.47 Å². The van der Waals surface area contributed by atoms with Gasteiger partial charge in [-0.25, -0.2) is 4.79 Å². The molecule has 0 saturated carbocycles. The van der Waals surface area contributed by atoms with Crippen molar-refractivity contribution in [1.82, 2.24) is 15.1 Å². The minimum Gasteiger partial charge on any atom is -0.469 e. The number of aliphatic hydroxyl groups is 1. The number of likely N-dealkylation sites (tertiary alicyclic amines) is 1. The number of carbonyl (C=O) groups excluding carboxylic acids is 2. The van der Waals surface area contributed by atoms with E-state index >= 15 is 0 Å². The number of carbonyl (C=O) groups is 2. The molecule has 3 atom stereocenters. The summed E-state index contributed by atoms with van der Waals surface area (Å²) in [6.07, 6.45) is 1.96. The fraction of sp³-hybridized carbons (Fsp3) is 0.810. The van der Waals surface area contributed by atoms with Crippen LogP contribution >= 0.6 is 0 Å².